The van der Waals surface area contributed by atoms with E-state index in [0.717, 1.165) is 17.8 Å². The van der Waals surface area contributed by atoms with Crippen molar-refractivity contribution in [2.45, 2.75) is 23.5 Å². The highest BCUT2D eigenvalue weighted by Gasteiger charge is 2.23. The van der Waals surface area contributed by atoms with Gasteiger partial charge in [0.25, 0.3) is 0 Å². The second kappa shape index (κ2) is 4.75. The summed E-state index contributed by atoms with van der Waals surface area (Å²) in [6.07, 6.45) is 3.23. The molecule has 7 heteroatoms. The van der Waals surface area contributed by atoms with Gasteiger partial charge in [0.1, 0.15) is 4.21 Å². The van der Waals surface area contributed by atoms with Crippen molar-refractivity contribution in [3.05, 3.63) is 17.0 Å². The smallest absolute Gasteiger partial charge is 0.336 e. The zero-order chi connectivity index (χ0) is 12.5. The predicted molar refractivity (Wildman–Crippen MR) is 63.8 cm³/mol. The average molecular weight is 275 g/mol. The van der Waals surface area contributed by atoms with E-state index in [1.54, 1.807) is 0 Å². The molecule has 94 valence electrons. The Labute approximate surface area is 104 Å². The largest absolute Gasteiger partial charge is 0.478 e. The molecule has 1 saturated carbocycles. The van der Waals surface area contributed by atoms with Crippen LogP contribution in [0.15, 0.2) is 15.7 Å². The molecule has 0 aliphatic heterocycles. The summed E-state index contributed by atoms with van der Waals surface area (Å²) < 4.78 is 26.1. The van der Waals surface area contributed by atoms with E-state index in [1.807, 2.05) is 0 Å². The zero-order valence-corrected chi connectivity index (χ0v) is 10.7. The molecule has 0 atom stereocenters. The van der Waals surface area contributed by atoms with Crippen LogP contribution in [0.4, 0.5) is 0 Å². The summed E-state index contributed by atoms with van der Waals surface area (Å²) in [6.45, 7) is 0.424. The summed E-state index contributed by atoms with van der Waals surface area (Å²) in [5.74, 6) is -0.448. The van der Waals surface area contributed by atoms with Crippen molar-refractivity contribution >= 4 is 27.3 Å². The lowest BCUT2D eigenvalue weighted by Crippen LogP contribution is -2.24. The van der Waals surface area contributed by atoms with Gasteiger partial charge in [-0.1, -0.05) is 12.8 Å². The summed E-state index contributed by atoms with van der Waals surface area (Å²) in [5.41, 5.74) is 0.0116. The fraction of sp³-hybridized carbons (Fsp3) is 0.500. The Balaban J connectivity index is 1.99. The van der Waals surface area contributed by atoms with E-state index in [0.29, 0.717) is 12.5 Å². The first kappa shape index (κ1) is 12.5. The highest BCUT2D eigenvalue weighted by atomic mass is 32.2. The number of carboxylic acid groups (broad SMARTS) is 1. The molecule has 0 bridgehead atoms. The van der Waals surface area contributed by atoms with Crippen LogP contribution in [0, 0.1) is 5.92 Å². The maximum Gasteiger partial charge on any atom is 0.336 e. The lowest BCUT2D eigenvalue weighted by molar-refractivity contribution is 0.0697. The Morgan fingerprint density at radius 1 is 1.53 bits per heavy atom. The van der Waals surface area contributed by atoms with Crippen molar-refractivity contribution in [3.63, 3.8) is 0 Å². The summed E-state index contributed by atoms with van der Waals surface area (Å²) in [4.78, 5) is 10.6. The normalized spacial score (nSPS) is 16.0. The van der Waals surface area contributed by atoms with Crippen LogP contribution in [0.3, 0.4) is 0 Å². The first-order chi connectivity index (χ1) is 7.99. The molecule has 1 aromatic rings. The van der Waals surface area contributed by atoms with E-state index in [9.17, 15) is 13.2 Å². The van der Waals surface area contributed by atoms with Crippen molar-refractivity contribution < 1.29 is 18.3 Å². The molecular formula is C10H13NO4S2. The predicted octanol–water partition coefficient (Wildman–Crippen LogP) is 1.52. The third-order valence-electron chi connectivity index (χ3n) is 2.63. The third-order valence-corrected chi connectivity index (χ3v) is 5.53. The molecule has 2 rings (SSSR count). The molecule has 0 amide bonds. The third kappa shape index (κ3) is 3.27. The van der Waals surface area contributed by atoms with Gasteiger partial charge in [0.2, 0.25) is 10.0 Å². The van der Waals surface area contributed by atoms with Crippen molar-refractivity contribution in [1.29, 1.82) is 0 Å². The minimum atomic E-state index is -3.54. The number of carboxylic acids is 1. The number of thiophene rings is 1. The second-order valence-corrected chi connectivity index (χ2v) is 6.99. The van der Waals surface area contributed by atoms with Gasteiger partial charge in [-0.15, -0.1) is 11.3 Å². The molecule has 5 nitrogen and oxygen atoms in total. The standard InChI is InChI=1S/C10H13NO4S2/c12-10(13)8-5-9(16-6-8)17(14,15)11-4-3-7-1-2-7/h5-7,11H,1-4H2,(H,12,13). The van der Waals surface area contributed by atoms with Crippen molar-refractivity contribution in [1.82, 2.24) is 4.72 Å². The summed E-state index contributed by atoms with van der Waals surface area (Å²) in [5, 5.41) is 10.0. The van der Waals surface area contributed by atoms with Crippen molar-refractivity contribution in [2.24, 2.45) is 5.92 Å². The molecule has 0 aromatic carbocycles. The van der Waals surface area contributed by atoms with Gasteiger partial charge in [-0.3, -0.25) is 0 Å². The highest BCUT2D eigenvalue weighted by molar-refractivity contribution is 7.91. The van der Waals surface area contributed by atoms with Crippen LogP contribution >= 0.6 is 11.3 Å². The Bertz CT molecular complexity index is 516. The SMILES string of the molecule is O=C(O)c1csc(S(=O)(=O)NCCC2CC2)c1. The second-order valence-electron chi connectivity index (χ2n) is 4.09. The number of sulfonamides is 1. The fourth-order valence-electron chi connectivity index (χ4n) is 1.44. The van der Waals surface area contributed by atoms with E-state index in [4.69, 9.17) is 5.11 Å². The van der Waals surface area contributed by atoms with Crippen LogP contribution in [0.1, 0.15) is 29.6 Å². The zero-order valence-electron chi connectivity index (χ0n) is 9.05. The first-order valence-corrected chi connectivity index (χ1v) is 7.67. The van der Waals surface area contributed by atoms with E-state index in [1.165, 1.54) is 24.3 Å². The number of hydrogen-bond acceptors (Lipinski definition) is 4. The number of hydrogen-bond donors (Lipinski definition) is 2. The minimum Gasteiger partial charge on any atom is -0.478 e. The minimum absolute atomic E-state index is 0.0116. The summed E-state index contributed by atoms with van der Waals surface area (Å²) >= 11 is 0.928. The maximum atomic E-state index is 11.8. The van der Waals surface area contributed by atoms with Gasteiger partial charge < -0.3 is 5.11 Å². The van der Waals surface area contributed by atoms with Crippen LogP contribution in [-0.2, 0) is 10.0 Å². The van der Waals surface area contributed by atoms with Crippen LogP contribution in [0.2, 0.25) is 0 Å². The van der Waals surface area contributed by atoms with Gasteiger partial charge in [0.15, 0.2) is 0 Å². The molecule has 1 fully saturated rings. The Hall–Kier alpha value is -0.920. The van der Waals surface area contributed by atoms with Crippen LogP contribution in [0.25, 0.3) is 0 Å². The quantitative estimate of drug-likeness (QED) is 0.824. The van der Waals surface area contributed by atoms with Gasteiger partial charge in [0.05, 0.1) is 5.56 Å². The summed E-state index contributed by atoms with van der Waals surface area (Å²) in [6, 6.07) is 1.19. The van der Waals surface area contributed by atoms with Gasteiger partial charge in [-0.05, 0) is 18.4 Å². The summed E-state index contributed by atoms with van der Waals surface area (Å²) in [7, 11) is -3.54. The number of nitrogens with one attached hydrogen (secondary N) is 1. The number of rotatable bonds is 6. The van der Waals surface area contributed by atoms with Crippen LogP contribution < -0.4 is 4.72 Å². The van der Waals surface area contributed by atoms with Gasteiger partial charge >= 0.3 is 5.97 Å². The van der Waals surface area contributed by atoms with Gasteiger partial charge in [0, 0.05) is 11.9 Å². The average Bonchev–Trinajstić information content (AvgIpc) is 2.92. The van der Waals surface area contributed by atoms with E-state index in [-0.39, 0.29) is 9.77 Å². The van der Waals surface area contributed by atoms with Crippen LogP contribution in [0.5, 0.6) is 0 Å². The molecule has 1 heterocycles. The maximum absolute atomic E-state index is 11.8. The van der Waals surface area contributed by atoms with E-state index >= 15 is 0 Å². The topological polar surface area (TPSA) is 83.5 Å². The van der Waals surface area contributed by atoms with Crippen LogP contribution in [-0.4, -0.2) is 26.0 Å². The first-order valence-electron chi connectivity index (χ1n) is 5.30. The molecule has 0 spiro atoms. The monoisotopic (exact) mass is 275 g/mol. The lowest BCUT2D eigenvalue weighted by atomic mass is 10.3. The molecular weight excluding hydrogens is 262 g/mol. The number of aromatic carboxylic acids is 1. The molecule has 1 aliphatic carbocycles. The molecule has 0 saturated heterocycles. The molecule has 17 heavy (non-hydrogen) atoms. The lowest BCUT2D eigenvalue weighted by Gasteiger charge is -2.03. The molecule has 2 N–H and O–H groups in total. The molecule has 0 radical (unpaired) electrons. The van der Waals surface area contributed by atoms with Gasteiger partial charge in [-0.25, -0.2) is 17.9 Å². The van der Waals surface area contributed by atoms with Crippen molar-refractivity contribution in [3.8, 4) is 0 Å². The fourth-order valence-corrected chi connectivity index (χ4v) is 3.69. The Kier molecular flexibility index (Phi) is 3.50. The van der Waals surface area contributed by atoms with E-state index in [2.05, 4.69) is 4.72 Å². The Morgan fingerprint density at radius 2 is 2.24 bits per heavy atom. The molecule has 0 unspecified atom stereocenters. The number of carbonyl (C=O) groups is 1. The highest BCUT2D eigenvalue weighted by Crippen LogP contribution is 2.32. The Morgan fingerprint density at radius 3 is 2.76 bits per heavy atom. The molecule has 1 aliphatic rings. The van der Waals surface area contributed by atoms with E-state index < -0.39 is 16.0 Å². The van der Waals surface area contributed by atoms with Crippen molar-refractivity contribution in [2.75, 3.05) is 6.54 Å². The van der Waals surface area contributed by atoms with Gasteiger partial charge in [-0.2, -0.15) is 0 Å². The molecule has 1 aromatic heterocycles.